The summed E-state index contributed by atoms with van der Waals surface area (Å²) < 4.78 is 4.92. The van der Waals surface area contributed by atoms with Crippen molar-refractivity contribution in [3.63, 3.8) is 0 Å². The van der Waals surface area contributed by atoms with Gasteiger partial charge in [-0.15, -0.1) is 10.2 Å². The second-order valence-corrected chi connectivity index (χ2v) is 5.97. The molecule has 2 N–H and O–H groups in total. The van der Waals surface area contributed by atoms with E-state index in [1.165, 1.54) is 5.56 Å². The van der Waals surface area contributed by atoms with Crippen molar-refractivity contribution in [1.29, 1.82) is 0 Å². The van der Waals surface area contributed by atoms with Crippen LogP contribution < -0.4 is 10.6 Å². The maximum atomic E-state index is 12.0. The maximum Gasteiger partial charge on any atom is 0.251 e. The van der Waals surface area contributed by atoms with E-state index >= 15 is 0 Å². The minimum Gasteiger partial charge on any atom is -0.383 e. The first-order valence-corrected chi connectivity index (χ1v) is 8.75. The first kappa shape index (κ1) is 18.5. The SMILES string of the molecule is COCCNC(=O)c1ccc(-c2ccc(NCc3ccccc3)nn2)cc1. The summed E-state index contributed by atoms with van der Waals surface area (Å²) in [5, 5.41) is 14.5. The van der Waals surface area contributed by atoms with Crippen LogP contribution in [0.4, 0.5) is 5.82 Å². The van der Waals surface area contributed by atoms with E-state index in [2.05, 4.69) is 33.0 Å². The van der Waals surface area contributed by atoms with Gasteiger partial charge in [-0.1, -0.05) is 42.5 Å². The van der Waals surface area contributed by atoms with Gasteiger partial charge >= 0.3 is 0 Å². The standard InChI is InChI=1S/C21H22N4O2/c1-27-14-13-22-21(26)18-9-7-17(8-10-18)19-11-12-20(25-24-19)23-15-16-5-3-2-4-6-16/h2-12H,13-15H2,1H3,(H,22,26)(H,23,25). The summed E-state index contributed by atoms with van der Waals surface area (Å²) in [4.78, 5) is 12.0. The van der Waals surface area contributed by atoms with Crippen LogP contribution in [0.3, 0.4) is 0 Å². The molecule has 0 bridgehead atoms. The Morgan fingerprint density at radius 1 is 0.963 bits per heavy atom. The summed E-state index contributed by atoms with van der Waals surface area (Å²) in [6, 6.07) is 21.2. The second kappa shape index (κ2) is 9.45. The zero-order valence-corrected chi connectivity index (χ0v) is 15.2. The summed E-state index contributed by atoms with van der Waals surface area (Å²) in [6.07, 6.45) is 0. The molecule has 1 heterocycles. The molecular formula is C21H22N4O2. The predicted octanol–water partition coefficient (Wildman–Crippen LogP) is 3.13. The van der Waals surface area contributed by atoms with Crippen molar-refractivity contribution in [2.75, 3.05) is 25.6 Å². The molecule has 3 rings (SSSR count). The molecule has 0 aliphatic carbocycles. The van der Waals surface area contributed by atoms with Crippen LogP contribution in [0.1, 0.15) is 15.9 Å². The number of methoxy groups -OCH3 is 1. The third kappa shape index (κ3) is 5.36. The number of amides is 1. The smallest absolute Gasteiger partial charge is 0.251 e. The van der Waals surface area contributed by atoms with Crippen LogP contribution in [-0.2, 0) is 11.3 Å². The van der Waals surface area contributed by atoms with E-state index in [1.54, 1.807) is 19.2 Å². The first-order chi connectivity index (χ1) is 13.3. The number of carbonyl (C=O) groups excluding carboxylic acids is 1. The highest BCUT2D eigenvalue weighted by Gasteiger charge is 2.06. The number of hydrogen-bond donors (Lipinski definition) is 2. The lowest BCUT2D eigenvalue weighted by Crippen LogP contribution is -2.26. The van der Waals surface area contributed by atoms with Gasteiger partial charge in [-0.05, 0) is 29.8 Å². The van der Waals surface area contributed by atoms with Crippen molar-refractivity contribution in [2.45, 2.75) is 6.54 Å². The van der Waals surface area contributed by atoms with Gasteiger partial charge in [-0.25, -0.2) is 0 Å². The third-order valence-corrected chi connectivity index (χ3v) is 4.02. The molecule has 0 unspecified atom stereocenters. The van der Waals surface area contributed by atoms with Crippen LogP contribution in [0.2, 0.25) is 0 Å². The van der Waals surface area contributed by atoms with E-state index in [4.69, 9.17) is 4.74 Å². The molecule has 138 valence electrons. The van der Waals surface area contributed by atoms with Crippen molar-refractivity contribution >= 4 is 11.7 Å². The fourth-order valence-corrected chi connectivity index (χ4v) is 2.53. The maximum absolute atomic E-state index is 12.0. The van der Waals surface area contributed by atoms with Gasteiger partial charge in [0.25, 0.3) is 5.91 Å². The fraction of sp³-hybridized carbons (Fsp3) is 0.190. The molecule has 0 spiro atoms. The second-order valence-electron chi connectivity index (χ2n) is 5.97. The van der Waals surface area contributed by atoms with Gasteiger partial charge in [0.2, 0.25) is 0 Å². The van der Waals surface area contributed by atoms with Crippen molar-refractivity contribution in [3.8, 4) is 11.3 Å². The molecule has 1 aromatic heterocycles. The third-order valence-electron chi connectivity index (χ3n) is 4.02. The van der Waals surface area contributed by atoms with Crippen LogP contribution in [0.15, 0.2) is 66.7 Å². The molecule has 0 radical (unpaired) electrons. The number of benzene rings is 2. The Bertz CT molecular complexity index is 850. The Morgan fingerprint density at radius 3 is 2.41 bits per heavy atom. The molecule has 0 fully saturated rings. The Labute approximate surface area is 158 Å². The van der Waals surface area contributed by atoms with Gasteiger partial charge in [-0.2, -0.15) is 0 Å². The number of ether oxygens (including phenoxy) is 1. The Hall–Kier alpha value is -3.25. The van der Waals surface area contributed by atoms with E-state index in [1.807, 2.05) is 42.5 Å². The van der Waals surface area contributed by atoms with Crippen molar-refractivity contribution in [2.24, 2.45) is 0 Å². The number of aromatic nitrogens is 2. The number of carbonyl (C=O) groups is 1. The van der Waals surface area contributed by atoms with Gasteiger partial charge < -0.3 is 15.4 Å². The number of anilines is 1. The average Bonchev–Trinajstić information content (AvgIpc) is 2.74. The summed E-state index contributed by atoms with van der Waals surface area (Å²) >= 11 is 0. The van der Waals surface area contributed by atoms with Crippen molar-refractivity contribution in [3.05, 3.63) is 77.9 Å². The number of nitrogens with one attached hydrogen (secondary N) is 2. The molecule has 2 aromatic carbocycles. The summed E-state index contributed by atoms with van der Waals surface area (Å²) in [5.74, 6) is 0.599. The molecule has 6 nitrogen and oxygen atoms in total. The van der Waals surface area contributed by atoms with Crippen LogP contribution in [0, 0.1) is 0 Å². The highest BCUT2D eigenvalue weighted by atomic mass is 16.5. The average molecular weight is 362 g/mol. The molecule has 6 heteroatoms. The van der Waals surface area contributed by atoms with E-state index in [-0.39, 0.29) is 5.91 Å². The minimum atomic E-state index is -0.120. The minimum absolute atomic E-state index is 0.120. The Morgan fingerprint density at radius 2 is 1.74 bits per heavy atom. The summed E-state index contributed by atoms with van der Waals surface area (Å²) in [5.41, 5.74) is 3.45. The van der Waals surface area contributed by atoms with E-state index in [9.17, 15) is 4.79 Å². The van der Waals surface area contributed by atoms with Crippen LogP contribution >= 0.6 is 0 Å². The van der Waals surface area contributed by atoms with Crippen LogP contribution in [0.25, 0.3) is 11.3 Å². The lowest BCUT2D eigenvalue weighted by atomic mass is 10.1. The Balaban J connectivity index is 1.59. The number of hydrogen-bond acceptors (Lipinski definition) is 5. The largest absolute Gasteiger partial charge is 0.383 e. The molecule has 0 aliphatic heterocycles. The van der Waals surface area contributed by atoms with Gasteiger partial charge in [0.05, 0.1) is 12.3 Å². The molecule has 1 amide bonds. The highest BCUT2D eigenvalue weighted by Crippen LogP contribution is 2.18. The van der Waals surface area contributed by atoms with Gasteiger partial charge in [-0.3, -0.25) is 4.79 Å². The van der Waals surface area contributed by atoms with Crippen LogP contribution in [-0.4, -0.2) is 36.4 Å². The van der Waals surface area contributed by atoms with E-state index < -0.39 is 0 Å². The zero-order valence-electron chi connectivity index (χ0n) is 15.2. The highest BCUT2D eigenvalue weighted by molar-refractivity contribution is 5.94. The Kier molecular flexibility index (Phi) is 6.49. The van der Waals surface area contributed by atoms with Gasteiger partial charge in [0.15, 0.2) is 0 Å². The van der Waals surface area contributed by atoms with Crippen LogP contribution in [0.5, 0.6) is 0 Å². The first-order valence-electron chi connectivity index (χ1n) is 8.75. The quantitative estimate of drug-likeness (QED) is 0.602. The lowest BCUT2D eigenvalue weighted by Gasteiger charge is -2.07. The molecule has 27 heavy (non-hydrogen) atoms. The molecule has 0 atom stereocenters. The molecule has 0 saturated carbocycles. The summed E-state index contributed by atoms with van der Waals surface area (Å²) in [7, 11) is 1.60. The van der Waals surface area contributed by atoms with Crippen molar-refractivity contribution in [1.82, 2.24) is 15.5 Å². The fourth-order valence-electron chi connectivity index (χ4n) is 2.53. The molecule has 3 aromatic rings. The number of rotatable bonds is 8. The molecule has 0 aliphatic rings. The lowest BCUT2D eigenvalue weighted by molar-refractivity contribution is 0.0937. The summed E-state index contributed by atoms with van der Waals surface area (Å²) in [6.45, 7) is 1.67. The molecular weight excluding hydrogens is 340 g/mol. The number of nitrogens with zero attached hydrogens (tertiary/aromatic N) is 2. The predicted molar refractivity (Wildman–Crippen MR) is 105 cm³/mol. The van der Waals surface area contributed by atoms with Gasteiger partial charge in [0.1, 0.15) is 5.82 Å². The monoisotopic (exact) mass is 362 g/mol. The van der Waals surface area contributed by atoms with Gasteiger partial charge in [0, 0.05) is 31.3 Å². The van der Waals surface area contributed by atoms with E-state index in [0.29, 0.717) is 25.3 Å². The zero-order chi connectivity index (χ0) is 18.9. The molecule has 0 saturated heterocycles. The topological polar surface area (TPSA) is 76.1 Å². The van der Waals surface area contributed by atoms with E-state index in [0.717, 1.165) is 17.1 Å². The normalized spacial score (nSPS) is 10.4. The van der Waals surface area contributed by atoms with Crippen molar-refractivity contribution < 1.29 is 9.53 Å².